The van der Waals surface area contributed by atoms with Crippen LogP contribution in [-0.4, -0.2) is 47.1 Å². The van der Waals surface area contributed by atoms with Crippen molar-refractivity contribution in [3.63, 3.8) is 0 Å². The third-order valence-electron chi connectivity index (χ3n) is 4.04. The fourth-order valence-electron chi connectivity index (χ4n) is 2.48. The molecule has 0 radical (unpaired) electrons. The summed E-state index contributed by atoms with van der Waals surface area (Å²) in [5.74, 6) is -5.41. The van der Waals surface area contributed by atoms with Crippen molar-refractivity contribution >= 4 is 29.0 Å². The molecule has 0 bridgehead atoms. The molecule has 14 heteroatoms. The molecule has 182 valence electrons. The van der Waals surface area contributed by atoms with Gasteiger partial charge in [0.2, 0.25) is 5.69 Å². The molecule has 0 saturated carbocycles. The quantitative estimate of drug-likeness (QED) is 0.423. The van der Waals surface area contributed by atoms with Crippen LogP contribution in [-0.2, 0) is 11.3 Å². The molecule has 3 aromatic rings. The summed E-state index contributed by atoms with van der Waals surface area (Å²) < 4.78 is 69.0. The standard InChI is InChI=1S/C18H14F3N3O2S.C2HF3O2/c1-24(10-12-9-13(23-22-12)11-5-3-2-4-6-11)17(26)15-8-7-14(27-15)16(25)18(19,20)21;3-2(4,5)1(6)7/h2-9H,10H2,1H3,(H,22,23);(H,6,7). The normalized spacial score (nSPS) is 11.4. The maximum Gasteiger partial charge on any atom is 0.455 e. The Morgan fingerprint density at radius 2 is 1.53 bits per heavy atom. The fraction of sp³-hybridized carbons (Fsp3) is 0.200. The number of carbonyl (C=O) groups is 3. The first-order valence-electron chi connectivity index (χ1n) is 9.10. The van der Waals surface area contributed by atoms with Crippen molar-refractivity contribution in [3.8, 4) is 11.3 Å². The number of rotatable bonds is 5. The van der Waals surface area contributed by atoms with Gasteiger partial charge in [0.15, 0.2) is 0 Å². The van der Waals surface area contributed by atoms with Crippen molar-refractivity contribution in [1.82, 2.24) is 10.00 Å². The minimum Gasteiger partial charge on any atom is -0.542 e. The van der Waals surface area contributed by atoms with Gasteiger partial charge in [0, 0.05) is 18.7 Å². The molecular formula is C20H15F6N3O4S. The summed E-state index contributed by atoms with van der Waals surface area (Å²) in [6.07, 6.45) is -10.1. The largest absolute Gasteiger partial charge is 0.542 e. The number of benzene rings is 1. The lowest BCUT2D eigenvalue weighted by molar-refractivity contribution is -0.438. The van der Waals surface area contributed by atoms with Crippen LogP contribution < -0.4 is 10.2 Å². The number of halogens is 6. The Morgan fingerprint density at radius 1 is 0.971 bits per heavy atom. The second-order valence-corrected chi connectivity index (χ2v) is 7.72. The number of nitrogens with zero attached hydrogens (tertiary/aromatic N) is 1. The molecule has 0 fully saturated rings. The number of thiophene rings is 1. The molecule has 3 rings (SSSR count). The fourth-order valence-corrected chi connectivity index (χ4v) is 3.44. The van der Waals surface area contributed by atoms with Crippen molar-refractivity contribution < 1.29 is 50.9 Å². The molecule has 34 heavy (non-hydrogen) atoms. The molecule has 1 amide bonds. The molecule has 0 spiro atoms. The molecule has 0 atom stereocenters. The average molecular weight is 507 g/mol. The van der Waals surface area contributed by atoms with Crippen molar-refractivity contribution in [1.29, 1.82) is 0 Å². The Hall–Kier alpha value is -3.68. The highest BCUT2D eigenvalue weighted by atomic mass is 32.1. The number of alkyl halides is 6. The number of aromatic amines is 2. The smallest absolute Gasteiger partial charge is 0.455 e. The van der Waals surface area contributed by atoms with Gasteiger partial charge in [-0.05, 0) is 24.3 Å². The molecule has 2 heterocycles. The molecule has 0 aliphatic heterocycles. The third kappa shape index (κ3) is 7.16. The van der Waals surface area contributed by atoms with E-state index in [0.717, 1.165) is 23.0 Å². The zero-order chi connectivity index (χ0) is 25.7. The molecular weight excluding hydrogens is 492 g/mol. The van der Waals surface area contributed by atoms with Gasteiger partial charge < -0.3 is 14.8 Å². The number of carboxylic acid groups (broad SMARTS) is 1. The van der Waals surface area contributed by atoms with Crippen LogP contribution in [0.2, 0.25) is 0 Å². The summed E-state index contributed by atoms with van der Waals surface area (Å²) in [7, 11) is 1.54. The van der Waals surface area contributed by atoms with E-state index in [-0.39, 0.29) is 11.4 Å². The lowest BCUT2D eigenvalue weighted by Crippen LogP contribution is -2.37. The summed E-state index contributed by atoms with van der Waals surface area (Å²) in [6, 6.07) is 13.7. The molecule has 1 aromatic carbocycles. The number of nitrogens with one attached hydrogen (secondary N) is 2. The second kappa shape index (κ2) is 10.5. The van der Waals surface area contributed by atoms with Crippen molar-refractivity contribution in [3.05, 3.63) is 64.0 Å². The summed E-state index contributed by atoms with van der Waals surface area (Å²) >= 11 is 0.538. The highest BCUT2D eigenvalue weighted by Gasteiger charge is 2.40. The van der Waals surface area contributed by atoms with E-state index in [0.29, 0.717) is 11.3 Å². The molecule has 0 aliphatic rings. The number of amides is 1. The topological polar surface area (TPSA) is 107 Å². The van der Waals surface area contributed by atoms with Crippen LogP contribution in [0.1, 0.15) is 25.0 Å². The lowest BCUT2D eigenvalue weighted by Gasteiger charge is -2.14. The molecule has 7 nitrogen and oxygen atoms in total. The Bertz CT molecular complexity index is 1160. The van der Waals surface area contributed by atoms with E-state index in [1.807, 2.05) is 36.4 Å². The third-order valence-corrected chi connectivity index (χ3v) is 5.12. The lowest BCUT2D eigenvalue weighted by atomic mass is 10.1. The van der Waals surface area contributed by atoms with E-state index in [1.54, 1.807) is 0 Å². The number of hydrogen-bond acceptors (Lipinski definition) is 5. The van der Waals surface area contributed by atoms with Gasteiger partial charge in [-0.1, -0.05) is 18.2 Å². The van der Waals surface area contributed by atoms with Crippen molar-refractivity contribution in [2.75, 3.05) is 7.05 Å². The zero-order valence-electron chi connectivity index (χ0n) is 17.1. The average Bonchev–Trinajstić information content (AvgIpc) is 3.42. The van der Waals surface area contributed by atoms with Crippen LogP contribution in [0.4, 0.5) is 26.3 Å². The first-order valence-corrected chi connectivity index (χ1v) is 9.91. The number of ketones is 1. The molecule has 0 unspecified atom stereocenters. The van der Waals surface area contributed by atoms with Gasteiger partial charge in [0.25, 0.3) is 11.7 Å². The number of H-pyrrole nitrogens is 2. The van der Waals surface area contributed by atoms with Gasteiger partial charge in [-0.2, -0.15) is 31.4 Å². The van der Waals surface area contributed by atoms with Gasteiger partial charge in [0.1, 0.15) is 5.97 Å². The first kappa shape index (κ1) is 26.6. The van der Waals surface area contributed by atoms with Crippen LogP contribution in [0.15, 0.2) is 48.5 Å². The Kier molecular flexibility index (Phi) is 8.21. The number of aromatic nitrogens is 2. The van der Waals surface area contributed by atoms with Gasteiger partial charge in [-0.3, -0.25) is 9.59 Å². The van der Waals surface area contributed by atoms with Crippen LogP contribution in [0, 0.1) is 0 Å². The molecule has 0 saturated heterocycles. The number of carboxylic acids is 1. The Labute approximate surface area is 191 Å². The second-order valence-electron chi connectivity index (χ2n) is 6.64. The summed E-state index contributed by atoms with van der Waals surface area (Å²) in [5, 5.41) is 14.8. The minimum absolute atomic E-state index is 0.0731. The summed E-state index contributed by atoms with van der Waals surface area (Å²) in [5.41, 5.74) is 2.55. The van der Waals surface area contributed by atoms with Gasteiger partial charge in [0.05, 0.1) is 22.0 Å². The predicted molar refractivity (Wildman–Crippen MR) is 104 cm³/mol. The molecule has 0 aliphatic carbocycles. The van der Waals surface area contributed by atoms with E-state index in [4.69, 9.17) is 9.90 Å². The molecule has 2 N–H and O–H groups in total. The molecule has 2 aromatic heterocycles. The van der Waals surface area contributed by atoms with E-state index in [2.05, 4.69) is 10.2 Å². The highest BCUT2D eigenvalue weighted by Crippen LogP contribution is 2.27. The maximum absolute atomic E-state index is 12.5. The highest BCUT2D eigenvalue weighted by molar-refractivity contribution is 7.16. The number of hydrogen-bond donors (Lipinski definition) is 1. The van der Waals surface area contributed by atoms with Gasteiger partial charge >= 0.3 is 12.4 Å². The van der Waals surface area contributed by atoms with Crippen LogP contribution in [0.5, 0.6) is 0 Å². The van der Waals surface area contributed by atoms with E-state index >= 15 is 0 Å². The van der Waals surface area contributed by atoms with Crippen molar-refractivity contribution in [2.45, 2.75) is 18.9 Å². The predicted octanol–water partition coefficient (Wildman–Crippen LogP) is 2.87. The maximum atomic E-state index is 12.5. The van der Waals surface area contributed by atoms with Gasteiger partial charge in [-0.15, -0.1) is 16.4 Å². The van der Waals surface area contributed by atoms with E-state index < -0.39 is 34.9 Å². The Balaban J connectivity index is 0.000000509. The van der Waals surface area contributed by atoms with Crippen molar-refractivity contribution in [2.24, 2.45) is 0 Å². The Morgan fingerprint density at radius 3 is 2.06 bits per heavy atom. The van der Waals surface area contributed by atoms with Gasteiger partial charge in [-0.25, -0.2) is 0 Å². The summed E-state index contributed by atoms with van der Waals surface area (Å²) in [6.45, 7) is 0.225. The number of Topliss-reactive ketones (excluding diaryl/α,β-unsaturated/α-hetero) is 1. The number of aliphatic carboxylic acids is 1. The SMILES string of the molecule is CN(Cc1cc(-c2ccccc2)[nH+][nH]1)C(=O)c1ccc(C(=O)C(F)(F)F)s1.O=C([O-])C(F)(F)F. The van der Waals surface area contributed by atoms with E-state index in [1.165, 1.54) is 18.0 Å². The summed E-state index contributed by atoms with van der Waals surface area (Å²) in [4.78, 5) is 33.4. The minimum atomic E-state index is -5.19. The monoisotopic (exact) mass is 507 g/mol. The number of carbonyl (C=O) groups excluding carboxylic acids is 3. The van der Waals surface area contributed by atoms with Crippen LogP contribution in [0.25, 0.3) is 11.3 Å². The van der Waals surface area contributed by atoms with E-state index in [9.17, 15) is 35.9 Å². The van der Waals surface area contributed by atoms with Crippen LogP contribution >= 0.6 is 11.3 Å². The van der Waals surface area contributed by atoms with Crippen LogP contribution in [0.3, 0.4) is 0 Å². The first-order chi connectivity index (χ1) is 15.7. The zero-order valence-corrected chi connectivity index (χ0v) is 17.9.